The number of nitro benzene ring substituents is 1. The third kappa shape index (κ3) is 2.52. The van der Waals surface area contributed by atoms with E-state index in [0.717, 1.165) is 0 Å². The number of nitrogens with one attached hydrogen (secondary N) is 2. The lowest BCUT2D eigenvalue weighted by Gasteiger charge is -2.27. The number of carbonyl (C=O) groups is 2. The van der Waals surface area contributed by atoms with Crippen molar-refractivity contribution >= 4 is 23.2 Å². The van der Waals surface area contributed by atoms with Crippen LogP contribution in [0.1, 0.15) is 10.4 Å². The van der Waals surface area contributed by atoms with Gasteiger partial charge in [0, 0.05) is 19.2 Å². The predicted octanol–water partition coefficient (Wildman–Crippen LogP) is -0.548. The Labute approximate surface area is 113 Å². The molecule has 1 aromatic carbocycles. The van der Waals surface area contributed by atoms with Crippen LogP contribution in [-0.2, 0) is 4.79 Å². The van der Waals surface area contributed by atoms with Crippen LogP contribution in [0, 0.1) is 10.1 Å². The highest BCUT2D eigenvalue weighted by molar-refractivity contribution is 6.03. The highest BCUT2D eigenvalue weighted by Gasteiger charge is 2.27. The van der Waals surface area contributed by atoms with Gasteiger partial charge in [0.15, 0.2) is 0 Å². The van der Waals surface area contributed by atoms with Gasteiger partial charge in [-0.1, -0.05) is 6.07 Å². The minimum Gasteiger partial charge on any atom is -0.353 e. The van der Waals surface area contributed by atoms with E-state index >= 15 is 0 Å². The second kappa shape index (κ2) is 5.53. The summed E-state index contributed by atoms with van der Waals surface area (Å²) in [6.07, 6.45) is 0. The number of hydrogen-bond acceptors (Lipinski definition) is 6. The molecule has 2 amide bonds. The van der Waals surface area contributed by atoms with Crippen molar-refractivity contribution in [3.8, 4) is 0 Å². The van der Waals surface area contributed by atoms with Crippen molar-refractivity contribution < 1.29 is 14.5 Å². The fraction of sp³-hybridized carbons (Fsp3) is 0.273. The van der Waals surface area contributed by atoms with E-state index in [0.29, 0.717) is 13.1 Å². The number of anilines is 1. The van der Waals surface area contributed by atoms with Crippen molar-refractivity contribution in [3.05, 3.63) is 33.9 Å². The number of nitrogen functional groups attached to an aromatic ring is 1. The number of hydrazine groups is 1. The Morgan fingerprint density at radius 3 is 2.85 bits per heavy atom. The van der Waals surface area contributed by atoms with Crippen LogP contribution in [0.4, 0.5) is 11.4 Å². The third-order valence-electron chi connectivity index (χ3n) is 2.94. The lowest BCUT2D eigenvalue weighted by Crippen LogP contribution is -2.50. The average Bonchev–Trinajstić information content (AvgIpc) is 2.45. The van der Waals surface area contributed by atoms with E-state index in [2.05, 4.69) is 10.7 Å². The number of nitrogens with two attached hydrogens (primary N) is 1. The number of benzene rings is 1. The van der Waals surface area contributed by atoms with Gasteiger partial charge in [-0.2, -0.15) is 0 Å². The minimum atomic E-state index is -0.630. The van der Waals surface area contributed by atoms with Crippen LogP contribution in [0.25, 0.3) is 0 Å². The van der Waals surface area contributed by atoms with E-state index in [1.807, 2.05) is 0 Å². The van der Waals surface area contributed by atoms with Crippen LogP contribution < -0.4 is 16.6 Å². The molecule has 0 aliphatic carbocycles. The van der Waals surface area contributed by atoms with Crippen LogP contribution in [0.5, 0.6) is 0 Å². The van der Waals surface area contributed by atoms with Crippen molar-refractivity contribution in [2.75, 3.05) is 25.1 Å². The molecule has 1 aliphatic heterocycles. The topological polar surface area (TPSA) is 131 Å². The van der Waals surface area contributed by atoms with Crippen LogP contribution in [0.15, 0.2) is 18.2 Å². The van der Waals surface area contributed by atoms with Gasteiger partial charge in [0.25, 0.3) is 11.6 Å². The van der Waals surface area contributed by atoms with Gasteiger partial charge in [0.2, 0.25) is 5.91 Å². The number of rotatable bonds is 3. The summed E-state index contributed by atoms with van der Waals surface area (Å²) >= 11 is 0. The van der Waals surface area contributed by atoms with Crippen molar-refractivity contribution in [2.24, 2.45) is 5.84 Å². The van der Waals surface area contributed by atoms with E-state index in [4.69, 9.17) is 5.84 Å². The summed E-state index contributed by atoms with van der Waals surface area (Å²) < 4.78 is 0. The maximum Gasteiger partial charge on any atom is 0.294 e. The lowest BCUT2D eigenvalue weighted by molar-refractivity contribution is -0.384. The Kier molecular flexibility index (Phi) is 3.80. The van der Waals surface area contributed by atoms with E-state index in [-0.39, 0.29) is 29.4 Å². The standard InChI is InChI=1S/C11H13N5O4/c12-14-10-7(2-1-3-8(10)16(19)20)11(18)15-5-4-13-9(17)6-15/h1-3,14H,4-6,12H2,(H,13,17). The van der Waals surface area contributed by atoms with E-state index < -0.39 is 10.8 Å². The van der Waals surface area contributed by atoms with Gasteiger partial charge >= 0.3 is 0 Å². The summed E-state index contributed by atoms with van der Waals surface area (Å²) in [6.45, 7) is 0.619. The molecule has 0 bridgehead atoms. The minimum absolute atomic E-state index is 0.0616. The summed E-state index contributed by atoms with van der Waals surface area (Å²) in [5, 5.41) is 13.5. The fourth-order valence-corrected chi connectivity index (χ4v) is 2.00. The Morgan fingerprint density at radius 2 is 2.25 bits per heavy atom. The molecule has 106 valence electrons. The second-order valence-electron chi connectivity index (χ2n) is 4.18. The van der Waals surface area contributed by atoms with E-state index in [1.54, 1.807) is 0 Å². The maximum atomic E-state index is 12.3. The van der Waals surface area contributed by atoms with Crippen LogP contribution in [-0.4, -0.2) is 41.3 Å². The molecule has 0 atom stereocenters. The zero-order chi connectivity index (χ0) is 14.7. The first-order chi connectivity index (χ1) is 9.54. The molecule has 4 N–H and O–H groups in total. The molecule has 0 radical (unpaired) electrons. The highest BCUT2D eigenvalue weighted by atomic mass is 16.6. The van der Waals surface area contributed by atoms with Crippen LogP contribution in [0.2, 0.25) is 0 Å². The fourth-order valence-electron chi connectivity index (χ4n) is 2.00. The number of hydrogen-bond donors (Lipinski definition) is 3. The Bertz CT molecular complexity index is 574. The zero-order valence-corrected chi connectivity index (χ0v) is 10.5. The van der Waals surface area contributed by atoms with E-state index in [1.165, 1.54) is 23.1 Å². The quantitative estimate of drug-likeness (QED) is 0.386. The summed E-state index contributed by atoms with van der Waals surface area (Å²) in [4.78, 5) is 35.2. The summed E-state index contributed by atoms with van der Waals surface area (Å²) in [5.41, 5.74) is 1.90. The molecular formula is C11H13N5O4. The Balaban J connectivity index is 2.36. The zero-order valence-electron chi connectivity index (χ0n) is 10.5. The number of carbonyl (C=O) groups excluding carboxylic acids is 2. The summed E-state index contributed by atoms with van der Waals surface area (Å²) in [6, 6.07) is 4.07. The normalized spacial score (nSPS) is 14.7. The molecular weight excluding hydrogens is 266 g/mol. The van der Waals surface area contributed by atoms with Crippen molar-refractivity contribution in [3.63, 3.8) is 0 Å². The first-order valence-electron chi connectivity index (χ1n) is 5.84. The number of piperazine rings is 1. The molecule has 0 spiro atoms. The number of para-hydroxylation sites is 1. The average molecular weight is 279 g/mol. The summed E-state index contributed by atoms with van der Waals surface area (Å²) in [7, 11) is 0. The van der Waals surface area contributed by atoms with Gasteiger partial charge in [-0.15, -0.1) is 0 Å². The molecule has 1 saturated heterocycles. The smallest absolute Gasteiger partial charge is 0.294 e. The SMILES string of the molecule is NNc1c(C(=O)N2CCNC(=O)C2)cccc1[N+](=O)[O-]. The van der Waals surface area contributed by atoms with Gasteiger partial charge in [0.1, 0.15) is 5.69 Å². The van der Waals surface area contributed by atoms with E-state index in [9.17, 15) is 19.7 Å². The molecule has 1 aromatic rings. The first-order valence-corrected chi connectivity index (χ1v) is 5.84. The molecule has 0 aromatic heterocycles. The van der Waals surface area contributed by atoms with Crippen molar-refractivity contribution in [2.45, 2.75) is 0 Å². The second-order valence-corrected chi connectivity index (χ2v) is 4.18. The monoisotopic (exact) mass is 279 g/mol. The maximum absolute atomic E-state index is 12.3. The van der Waals surface area contributed by atoms with Gasteiger partial charge in [-0.3, -0.25) is 25.5 Å². The first kappa shape index (κ1) is 13.7. The predicted molar refractivity (Wildman–Crippen MR) is 69.8 cm³/mol. The van der Waals surface area contributed by atoms with Gasteiger partial charge in [-0.25, -0.2) is 0 Å². The number of nitro groups is 1. The van der Waals surface area contributed by atoms with Crippen LogP contribution in [0.3, 0.4) is 0 Å². The number of nitrogens with zero attached hydrogens (tertiary/aromatic N) is 2. The molecule has 1 heterocycles. The highest BCUT2D eigenvalue weighted by Crippen LogP contribution is 2.28. The van der Waals surface area contributed by atoms with Crippen molar-refractivity contribution in [1.29, 1.82) is 0 Å². The molecule has 20 heavy (non-hydrogen) atoms. The van der Waals surface area contributed by atoms with Gasteiger partial charge in [0.05, 0.1) is 17.0 Å². The lowest BCUT2D eigenvalue weighted by atomic mass is 10.1. The molecule has 2 rings (SSSR count). The van der Waals surface area contributed by atoms with Crippen molar-refractivity contribution in [1.82, 2.24) is 10.2 Å². The molecule has 9 heteroatoms. The largest absolute Gasteiger partial charge is 0.353 e. The van der Waals surface area contributed by atoms with Crippen LogP contribution >= 0.6 is 0 Å². The molecule has 1 fully saturated rings. The molecule has 1 aliphatic rings. The molecule has 0 unspecified atom stereocenters. The molecule has 9 nitrogen and oxygen atoms in total. The Hall–Kier alpha value is -2.68. The third-order valence-corrected chi connectivity index (χ3v) is 2.94. The molecule has 0 saturated carbocycles. The summed E-state index contributed by atoms with van der Waals surface area (Å²) in [5.74, 6) is 4.54. The number of amides is 2. The van der Waals surface area contributed by atoms with Gasteiger partial charge < -0.3 is 15.6 Å². The Morgan fingerprint density at radius 1 is 1.50 bits per heavy atom. The van der Waals surface area contributed by atoms with Gasteiger partial charge in [-0.05, 0) is 6.07 Å².